The summed E-state index contributed by atoms with van der Waals surface area (Å²) in [5.74, 6) is 0.602. The number of nitrogens with zero attached hydrogens (tertiary/aromatic N) is 4. The number of carbonyl (C=O) groups excluding carboxylic acids is 2. The van der Waals surface area contributed by atoms with E-state index in [2.05, 4.69) is 4.90 Å². The first kappa shape index (κ1) is 22.4. The molecule has 3 heterocycles. The normalized spacial score (nSPS) is 20.2. The van der Waals surface area contributed by atoms with E-state index in [1.54, 1.807) is 23.1 Å². The summed E-state index contributed by atoms with van der Waals surface area (Å²) in [5.41, 5.74) is 1.74. The molecule has 8 nitrogen and oxygen atoms in total. The van der Waals surface area contributed by atoms with Crippen molar-refractivity contribution >= 4 is 29.3 Å². The Morgan fingerprint density at radius 3 is 2.53 bits per heavy atom. The highest BCUT2D eigenvalue weighted by Crippen LogP contribution is 2.34. The number of rotatable bonds is 5. The Labute approximate surface area is 192 Å². The third kappa shape index (κ3) is 4.66. The van der Waals surface area contributed by atoms with Gasteiger partial charge in [0.25, 0.3) is 5.91 Å². The Morgan fingerprint density at radius 1 is 1.19 bits per heavy atom. The summed E-state index contributed by atoms with van der Waals surface area (Å²) in [7, 11) is 0. The minimum Gasteiger partial charge on any atom is -0.467 e. The number of hydrogen-bond acceptors (Lipinski definition) is 6. The predicted molar refractivity (Wildman–Crippen MR) is 121 cm³/mol. The van der Waals surface area contributed by atoms with E-state index >= 15 is 0 Å². The van der Waals surface area contributed by atoms with Gasteiger partial charge < -0.3 is 14.1 Å². The van der Waals surface area contributed by atoms with Gasteiger partial charge in [0.15, 0.2) is 0 Å². The first-order chi connectivity index (χ1) is 15.5. The summed E-state index contributed by atoms with van der Waals surface area (Å²) in [6.45, 7) is 6.27. The van der Waals surface area contributed by atoms with Gasteiger partial charge in [0.05, 0.1) is 24.6 Å². The summed E-state index contributed by atoms with van der Waals surface area (Å²) >= 11 is 6.02. The number of benzene rings is 1. The second-order valence-corrected chi connectivity index (χ2v) is 8.31. The maximum atomic E-state index is 13.5. The third-order valence-electron chi connectivity index (χ3n) is 5.93. The molecule has 4 rings (SSSR count). The van der Waals surface area contributed by atoms with E-state index < -0.39 is 0 Å². The molecule has 2 aliphatic rings. The molecular weight excluding hydrogens is 432 g/mol. The van der Waals surface area contributed by atoms with E-state index in [1.165, 1.54) is 0 Å². The molecule has 0 saturated carbocycles. The van der Waals surface area contributed by atoms with Crippen LogP contribution in [-0.2, 0) is 9.53 Å². The Balaban J connectivity index is 1.49. The average molecular weight is 459 g/mol. The second kappa shape index (κ2) is 9.75. The predicted octanol–water partition coefficient (Wildman–Crippen LogP) is 3.77. The van der Waals surface area contributed by atoms with Gasteiger partial charge in [-0.2, -0.15) is 5.10 Å². The number of hydrazone groups is 1. The van der Waals surface area contributed by atoms with Gasteiger partial charge in [0.2, 0.25) is 0 Å². The van der Waals surface area contributed by atoms with Crippen LogP contribution in [-0.4, -0.2) is 71.3 Å². The van der Waals surface area contributed by atoms with Crippen LogP contribution in [0.1, 0.15) is 37.6 Å². The Kier molecular flexibility index (Phi) is 6.81. The van der Waals surface area contributed by atoms with Gasteiger partial charge in [-0.1, -0.05) is 23.7 Å². The second-order valence-electron chi connectivity index (χ2n) is 7.87. The Bertz CT molecular complexity index is 968. The molecule has 2 atom stereocenters. The van der Waals surface area contributed by atoms with E-state index in [9.17, 15) is 9.59 Å². The SMILES string of the molecule is CCOC(=O)N1CCN(C(C)C(=O)N2N=C(c3ccc(Cl)cc3)CC2c2ccco2)CC1. The van der Waals surface area contributed by atoms with Crippen LogP contribution in [0.15, 0.2) is 52.2 Å². The summed E-state index contributed by atoms with van der Waals surface area (Å²) in [4.78, 5) is 29.2. The molecule has 0 spiro atoms. The summed E-state index contributed by atoms with van der Waals surface area (Å²) in [6.07, 6.45) is 1.86. The summed E-state index contributed by atoms with van der Waals surface area (Å²) in [5, 5.41) is 6.89. The van der Waals surface area contributed by atoms with Gasteiger partial charge >= 0.3 is 6.09 Å². The van der Waals surface area contributed by atoms with E-state index in [0.717, 1.165) is 11.3 Å². The molecule has 0 radical (unpaired) electrons. The Morgan fingerprint density at radius 2 is 1.91 bits per heavy atom. The van der Waals surface area contributed by atoms with Crippen LogP contribution >= 0.6 is 11.6 Å². The zero-order chi connectivity index (χ0) is 22.7. The molecule has 32 heavy (non-hydrogen) atoms. The quantitative estimate of drug-likeness (QED) is 0.681. The van der Waals surface area contributed by atoms with Crippen molar-refractivity contribution in [2.75, 3.05) is 32.8 Å². The minimum atomic E-state index is -0.384. The zero-order valence-electron chi connectivity index (χ0n) is 18.2. The lowest BCUT2D eigenvalue weighted by atomic mass is 10.0. The van der Waals surface area contributed by atoms with Gasteiger partial charge in [0.1, 0.15) is 11.8 Å². The molecule has 0 N–H and O–H groups in total. The van der Waals surface area contributed by atoms with Gasteiger partial charge in [-0.05, 0) is 43.7 Å². The van der Waals surface area contributed by atoms with Crippen molar-refractivity contribution in [3.8, 4) is 0 Å². The maximum absolute atomic E-state index is 13.5. The molecule has 0 bridgehead atoms. The number of halogens is 1. The van der Waals surface area contributed by atoms with Crippen LogP contribution in [0.2, 0.25) is 5.02 Å². The standard InChI is InChI=1S/C23H27ClN4O4/c1-3-31-23(30)27-12-10-26(11-13-27)16(2)22(29)28-20(21-5-4-14-32-21)15-19(25-28)17-6-8-18(24)9-7-17/h4-9,14,16,20H,3,10-13,15H2,1-2H3. The first-order valence-electron chi connectivity index (χ1n) is 10.8. The summed E-state index contributed by atoms with van der Waals surface area (Å²) in [6, 6.07) is 10.5. The van der Waals surface area contributed by atoms with Crippen LogP contribution in [0.5, 0.6) is 0 Å². The van der Waals surface area contributed by atoms with Crippen molar-refractivity contribution in [2.24, 2.45) is 5.10 Å². The number of furan rings is 1. The molecule has 2 amide bonds. The molecule has 1 fully saturated rings. The molecule has 2 unspecified atom stereocenters. The fourth-order valence-corrected chi connectivity index (χ4v) is 4.21. The highest BCUT2D eigenvalue weighted by Gasteiger charge is 2.39. The Hall–Kier alpha value is -2.84. The van der Waals surface area contributed by atoms with E-state index in [0.29, 0.717) is 50.0 Å². The fraction of sp³-hybridized carbons (Fsp3) is 0.435. The molecule has 1 aromatic carbocycles. The van der Waals surface area contributed by atoms with Crippen molar-refractivity contribution in [2.45, 2.75) is 32.4 Å². The van der Waals surface area contributed by atoms with Crippen LogP contribution in [0, 0.1) is 0 Å². The summed E-state index contributed by atoms with van der Waals surface area (Å²) < 4.78 is 10.7. The third-order valence-corrected chi connectivity index (χ3v) is 6.18. The topological polar surface area (TPSA) is 78.6 Å². The first-order valence-corrected chi connectivity index (χ1v) is 11.2. The van der Waals surface area contributed by atoms with Crippen molar-refractivity contribution < 1.29 is 18.7 Å². The van der Waals surface area contributed by atoms with Crippen molar-refractivity contribution in [3.05, 3.63) is 59.0 Å². The smallest absolute Gasteiger partial charge is 0.409 e. The van der Waals surface area contributed by atoms with Gasteiger partial charge in [-0.25, -0.2) is 9.80 Å². The van der Waals surface area contributed by atoms with Crippen molar-refractivity contribution in [3.63, 3.8) is 0 Å². The molecule has 170 valence electrons. The highest BCUT2D eigenvalue weighted by molar-refractivity contribution is 6.30. The lowest BCUT2D eigenvalue weighted by Gasteiger charge is -2.37. The molecule has 9 heteroatoms. The highest BCUT2D eigenvalue weighted by atomic mass is 35.5. The molecular formula is C23H27ClN4O4. The molecule has 1 aromatic heterocycles. The number of carbonyl (C=O) groups is 2. The van der Waals surface area contributed by atoms with E-state index in [4.69, 9.17) is 25.9 Å². The molecule has 2 aromatic rings. The van der Waals surface area contributed by atoms with Crippen LogP contribution in [0.25, 0.3) is 0 Å². The van der Waals surface area contributed by atoms with Crippen molar-refractivity contribution in [1.29, 1.82) is 0 Å². The number of piperazine rings is 1. The van der Waals surface area contributed by atoms with E-state index in [-0.39, 0.29) is 24.1 Å². The van der Waals surface area contributed by atoms with Crippen LogP contribution < -0.4 is 0 Å². The van der Waals surface area contributed by atoms with Gasteiger partial charge in [-0.3, -0.25) is 9.69 Å². The molecule has 1 saturated heterocycles. The lowest BCUT2D eigenvalue weighted by Crippen LogP contribution is -2.55. The fourth-order valence-electron chi connectivity index (χ4n) is 4.09. The largest absolute Gasteiger partial charge is 0.467 e. The van der Waals surface area contributed by atoms with E-state index in [1.807, 2.05) is 43.3 Å². The monoisotopic (exact) mass is 458 g/mol. The zero-order valence-corrected chi connectivity index (χ0v) is 19.0. The average Bonchev–Trinajstić information content (AvgIpc) is 3.49. The van der Waals surface area contributed by atoms with Crippen molar-refractivity contribution in [1.82, 2.24) is 14.8 Å². The molecule has 0 aliphatic carbocycles. The van der Waals surface area contributed by atoms with Crippen LogP contribution in [0.4, 0.5) is 4.79 Å². The molecule has 2 aliphatic heterocycles. The van der Waals surface area contributed by atoms with Gasteiger partial charge in [-0.15, -0.1) is 0 Å². The number of ether oxygens (including phenoxy) is 1. The van der Waals surface area contributed by atoms with Crippen LogP contribution in [0.3, 0.4) is 0 Å². The maximum Gasteiger partial charge on any atom is 0.409 e. The lowest BCUT2D eigenvalue weighted by molar-refractivity contribution is -0.139. The van der Waals surface area contributed by atoms with Gasteiger partial charge in [0, 0.05) is 37.6 Å². The number of amides is 2. The minimum absolute atomic E-state index is 0.0973. The number of hydrogen-bond donors (Lipinski definition) is 0.